The summed E-state index contributed by atoms with van der Waals surface area (Å²) in [4.78, 5) is 20.7. The van der Waals surface area contributed by atoms with E-state index in [0.717, 1.165) is 17.8 Å². The fourth-order valence-electron chi connectivity index (χ4n) is 1.69. The van der Waals surface area contributed by atoms with Crippen molar-refractivity contribution in [1.29, 1.82) is 0 Å². The van der Waals surface area contributed by atoms with Gasteiger partial charge in [0.1, 0.15) is 0 Å². The maximum Gasteiger partial charge on any atom is 0.335 e. The van der Waals surface area contributed by atoms with Gasteiger partial charge in [-0.3, -0.25) is 4.79 Å². The number of para-hydroxylation sites is 1. The van der Waals surface area contributed by atoms with E-state index in [-0.39, 0.29) is 22.1 Å². The van der Waals surface area contributed by atoms with Gasteiger partial charge < -0.3 is 16.2 Å². The molecule has 25 heavy (non-hydrogen) atoms. The zero-order chi connectivity index (χ0) is 19.2. The van der Waals surface area contributed by atoms with Gasteiger partial charge in [-0.1, -0.05) is 18.2 Å². The molecule has 0 aliphatic heterocycles. The summed E-state index contributed by atoms with van der Waals surface area (Å²) in [7, 11) is -4.03. The van der Waals surface area contributed by atoms with Gasteiger partial charge in [-0.2, -0.15) is 0 Å². The Morgan fingerprint density at radius 2 is 1.72 bits per heavy atom. The summed E-state index contributed by atoms with van der Waals surface area (Å²) in [6.07, 6.45) is 0. The minimum absolute atomic E-state index is 0.0359. The predicted molar refractivity (Wildman–Crippen MR) is 97.2 cm³/mol. The highest BCUT2D eigenvalue weighted by atomic mass is 32.2. The lowest BCUT2D eigenvalue weighted by Gasteiger charge is -2.07. The minimum Gasteiger partial charge on any atom is -0.478 e. The molecule has 134 valence electrons. The number of carbonyl (C=O) groups is 2. The van der Waals surface area contributed by atoms with Crippen molar-refractivity contribution in [1.82, 2.24) is 0 Å². The average molecular weight is 383 g/mol. The summed E-state index contributed by atoms with van der Waals surface area (Å²) in [6.45, 7) is 1.49. The van der Waals surface area contributed by atoms with Gasteiger partial charge in [-0.25, -0.2) is 18.4 Å². The van der Waals surface area contributed by atoms with Crippen LogP contribution in [0.4, 0.5) is 11.4 Å². The van der Waals surface area contributed by atoms with Crippen LogP contribution in [-0.2, 0) is 14.8 Å². The van der Waals surface area contributed by atoms with E-state index in [2.05, 4.69) is 17.9 Å². The van der Waals surface area contributed by atoms with E-state index < -0.39 is 20.9 Å². The van der Waals surface area contributed by atoms with Crippen LogP contribution in [0, 0.1) is 0 Å². The minimum atomic E-state index is -4.03. The molecule has 10 heteroatoms. The number of thiol groups is 1. The first-order valence-corrected chi connectivity index (χ1v) is 8.73. The topological polar surface area (TPSA) is 153 Å². The number of sulfonamides is 1. The molecule has 0 aromatic heterocycles. The molecule has 0 unspecified atom stereocenters. The zero-order valence-electron chi connectivity index (χ0n) is 13.1. The molecule has 8 nitrogen and oxygen atoms in total. The molecule has 0 bridgehead atoms. The summed E-state index contributed by atoms with van der Waals surface area (Å²) < 4.78 is 22.1. The van der Waals surface area contributed by atoms with E-state index >= 15 is 0 Å². The van der Waals surface area contributed by atoms with Crippen molar-refractivity contribution in [2.24, 2.45) is 5.14 Å². The lowest BCUT2D eigenvalue weighted by Crippen LogP contribution is -2.15. The second-order valence-electron chi connectivity index (χ2n) is 4.81. The molecule has 2 aromatic carbocycles. The van der Waals surface area contributed by atoms with Crippen LogP contribution in [0.1, 0.15) is 17.3 Å². The summed E-state index contributed by atoms with van der Waals surface area (Å²) in [5.41, 5.74) is 5.93. The molecule has 2 rings (SSSR count). The summed E-state index contributed by atoms with van der Waals surface area (Å²) in [5, 5.41) is 16.2. The standard InChI is InChI=1S/C8H9NO.C7H8N2O4S2/c1-7(10)9-8-5-3-2-4-6-8;8-4-1-3(7(10)11)2-5(6(4)14)15(9,12)13/h2-6H,1H3,(H,9,10);1-2,14H,8H2,(H,10,11)(H2,9,12,13). The largest absolute Gasteiger partial charge is 0.478 e. The SMILES string of the molecule is CC(=O)Nc1ccccc1.Nc1cc(C(=O)O)cc(S(N)(=O)=O)c1S. The van der Waals surface area contributed by atoms with Crippen molar-refractivity contribution >= 4 is 45.9 Å². The molecule has 0 aliphatic rings. The third-order valence-corrected chi connectivity index (χ3v) is 4.34. The number of amides is 1. The van der Waals surface area contributed by atoms with Gasteiger partial charge in [0.2, 0.25) is 15.9 Å². The first-order valence-electron chi connectivity index (χ1n) is 6.73. The van der Waals surface area contributed by atoms with Crippen molar-refractivity contribution in [3.63, 3.8) is 0 Å². The van der Waals surface area contributed by atoms with Crippen LogP contribution in [0.5, 0.6) is 0 Å². The number of rotatable bonds is 3. The number of nitrogen functional groups attached to an aromatic ring is 1. The summed E-state index contributed by atoms with van der Waals surface area (Å²) in [5.74, 6) is -1.33. The Bertz CT molecular complexity index is 884. The van der Waals surface area contributed by atoms with Crippen LogP contribution < -0.4 is 16.2 Å². The van der Waals surface area contributed by atoms with Gasteiger partial charge in [0.05, 0.1) is 10.5 Å². The van der Waals surface area contributed by atoms with Crippen molar-refractivity contribution in [2.45, 2.75) is 16.7 Å². The van der Waals surface area contributed by atoms with Gasteiger partial charge in [0.25, 0.3) is 0 Å². The van der Waals surface area contributed by atoms with E-state index in [1.54, 1.807) is 0 Å². The Kier molecular flexibility index (Phi) is 6.97. The Morgan fingerprint density at radius 1 is 1.16 bits per heavy atom. The van der Waals surface area contributed by atoms with Crippen LogP contribution in [0.3, 0.4) is 0 Å². The number of carboxylic acid groups (broad SMARTS) is 1. The van der Waals surface area contributed by atoms with Gasteiger partial charge in [0.15, 0.2) is 0 Å². The number of hydrogen-bond acceptors (Lipinski definition) is 6. The molecule has 0 saturated carbocycles. The summed E-state index contributed by atoms with van der Waals surface area (Å²) in [6, 6.07) is 11.4. The molecule has 0 atom stereocenters. The third kappa shape index (κ3) is 6.45. The van der Waals surface area contributed by atoms with Gasteiger partial charge >= 0.3 is 5.97 Å². The fraction of sp³-hybridized carbons (Fsp3) is 0.0667. The highest BCUT2D eigenvalue weighted by Crippen LogP contribution is 2.26. The number of nitrogens with two attached hydrogens (primary N) is 2. The van der Waals surface area contributed by atoms with Crippen LogP contribution in [0.2, 0.25) is 0 Å². The molecule has 0 aliphatic carbocycles. The number of hydrogen-bond donors (Lipinski definition) is 5. The van der Waals surface area contributed by atoms with Crippen LogP contribution in [0.15, 0.2) is 52.3 Å². The molecular formula is C15H17N3O5S2. The average Bonchev–Trinajstić information content (AvgIpc) is 2.49. The molecule has 0 fully saturated rings. The first-order chi connectivity index (χ1) is 11.5. The molecule has 1 amide bonds. The smallest absolute Gasteiger partial charge is 0.335 e. The third-order valence-electron chi connectivity index (χ3n) is 2.75. The monoisotopic (exact) mass is 383 g/mol. The van der Waals surface area contributed by atoms with Crippen LogP contribution in [0.25, 0.3) is 0 Å². The van der Waals surface area contributed by atoms with E-state index in [9.17, 15) is 18.0 Å². The maximum atomic E-state index is 11.1. The first kappa shape index (κ1) is 20.5. The zero-order valence-corrected chi connectivity index (χ0v) is 14.8. The number of nitrogens with one attached hydrogen (secondary N) is 1. The Hall–Kier alpha value is -2.56. The number of benzene rings is 2. The molecule has 6 N–H and O–H groups in total. The van der Waals surface area contributed by atoms with Crippen molar-refractivity contribution in [3.8, 4) is 0 Å². The Balaban J connectivity index is 0.000000271. The predicted octanol–water partition coefficient (Wildman–Crippen LogP) is 1.55. The molecular weight excluding hydrogens is 366 g/mol. The normalized spacial score (nSPS) is 10.4. The van der Waals surface area contributed by atoms with Crippen LogP contribution in [-0.4, -0.2) is 25.4 Å². The van der Waals surface area contributed by atoms with Crippen molar-refractivity contribution in [3.05, 3.63) is 48.0 Å². The van der Waals surface area contributed by atoms with Crippen LogP contribution >= 0.6 is 12.6 Å². The molecule has 0 radical (unpaired) electrons. The van der Waals surface area contributed by atoms with Crippen molar-refractivity contribution < 1.29 is 23.1 Å². The van der Waals surface area contributed by atoms with E-state index in [1.807, 2.05) is 30.3 Å². The van der Waals surface area contributed by atoms with Crippen molar-refractivity contribution in [2.75, 3.05) is 11.1 Å². The molecule has 0 heterocycles. The number of aromatic carboxylic acids is 1. The lowest BCUT2D eigenvalue weighted by atomic mass is 10.2. The van der Waals surface area contributed by atoms with E-state index in [1.165, 1.54) is 6.92 Å². The number of carboxylic acids is 1. The highest BCUT2D eigenvalue weighted by Gasteiger charge is 2.17. The van der Waals surface area contributed by atoms with Gasteiger partial charge in [-0.15, -0.1) is 12.6 Å². The quantitative estimate of drug-likeness (QED) is 0.400. The Labute approximate surface area is 150 Å². The number of carbonyl (C=O) groups excluding carboxylic acids is 1. The van der Waals surface area contributed by atoms with Gasteiger partial charge in [-0.05, 0) is 24.3 Å². The maximum absolute atomic E-state index is 11.1. The van der Waals surface area contributed by atoms with E-state index in [0.29, 0.717) is 0 Å². The number of primary sulfonamides is 1. The number of anilines is 2. The van der Waals surface area contributed by atoms with Gasteiger partial charge in [0, 0.05) is 23.2 Å². The van der Waals surface area contributed by atoms with E-state index in [4.69, 9.17) is 16.0 Å². The molecule has 2 aromatic rings. The summed E-state index contributed by atoms with van der Waals surface area (Å²) >= 11 is 3.84. The fourth-order valence-corrected chi connectivity index (χ4v) is 2.88. The second kappa shape index (κ2) is 8.51. The highest BCUT2D eigenvalue weighted by molar-refractivity contribution is 7.90. The molecule has 0 saturated heterocycles. The lowest BCUT2D eigenvalue weighted by molar-refractivity contribution is -0.114. The second-order valence-corrected chi connectivity index (χ2v) is 6.79. The molecule has 0 spiro atoms. The Morgan fingerprint density at radius 3 is 2.16 bits per heavy atom.